The first-order chi connectivity index (χ1) is 10.6. The van der Waals surface area contributed by atoms with Gasteiger partial charge in [0, 0.05) is 12.6 Å². The molecule has 2 unspecified atom stereocenters. The van der Waals surface area contributed by atoms with Crippen LogP contribution in [0.4, 0.5) is 5.69 Å². The van der Waals surface area contributed by atoms with Crippen LogP contribution < -0.4 is 16.4 Å². The number of carbonyl (C=O) groups is 1. The quantitative estimate of drug-likeness (QED) is 0.764. The number of hydrogen-bond donors (Lipinski definition) is 3. The van der Waals surface area contributed by atoms with Crippen LogP contribution in [0.15, 0.2) is 17.0 Å². The number of primary amides is 1. The van der Waals surface area contributed by atoms with E-state index in [2.05, 4.69) is 43.6 Å². The van der Waals surface area contributed by atoms with E-state index in [0.717, 1.165) is 13.1 Å². The minimum atomic E-state index is -0.514. The maximum absolute atomic E-state index is 11.6. The standard InChI is InChI=1S/C12H15BrN6O.C2H6/c1-6-2-15-4-8(6)17-10-7(11(14)20)3-16-19-5-9(13)18-12(10)19;1-2/h3,5-6,8,15,17H,2,4H2,1H3,(H2,14,20);1-2H3. The van der Waals surface area contributed by atoms with Crippen LogP contribution in [0.3, 0.4) is 0 Å². The van der Waals surface area contributed by atoms with E-state index in [1.807, 2.05) is 13.8 Å². The van der Waals surface area contributed by atoms with Crippen LogP contribution in [0.1, 0.15) is 31.1 Å². The Morgan fingerprint density at radius 3 is 2.82 bits per heavy atom. The summed E-state index contributed by atoms with van der Waals surface area (Å²) in [5.41, 5.74) is 7.02. The van der Waals surface area contributed by atoms with Gasteiger partial charge in [-0.2, -0.15) is 5.10 Å². The van der Waals surface area contributed by atoms with Gasteiger partial charge in [-0.05, 0) is 28.4 Å². The predicted octanol–water partition coefficient (Wildman–Crippen LogP) is 1.64. The number of aromatic nitrogens is 3. The number of hydrogen-bond acceptors (Lipinski definition) is 5. The number of halogens is 1. The molecule has 0 saturated carbocycles. The Hall–Kier alpha value is -1.67. The van der Waals surface area contributed by atoms with Crippen molar-refractivity contribution in [2.75, 3.05) is 18.4 Å². The Labute approximate surface area is 137 Å². The first-order valence-electron chi connectivity index (χ1n) is 7.37. The number of anilines is 1. The van der Waals surface area contributed by atoms with Crippen molar-refractivity contribution >= 4 is 33.2 Å². The molecular weight excluding hydrogens is 348 g/mol. The topological polar surface area (TPSA) is 97.3 Å². The van der Waals surface area contributed by atoms with E-state index in [0.29, 0.717) is 27.4 Å². The number of fused-ring (bicyclic) bond motifs is 1. The largest absolute Gasteiger partial charge is 0.377 e. The fourth-order valence-electron chi connectivity index (χ4n) is 2.42. The number of rotatable bonds is 3. The molecule has 3 rings (SSSR count). The van der Waals surface area contributed by atoms with Gasteiger partial charge in [-0.1, -0.05) is 20.8 Å². The van der Waals surface area contributed by atoms with Gasteiger partial charge < -0.3 is 16.4 Å². The van der Waals surface area contributed by atoms with Gasteiger partial charge in [-0.15, -0.1) is 0 Å². The summed E-state index contributed by atoms with van der Waals surface area (Å²) in [5.74, 6) is -0.0532. The predicted molar refractivity (Wildman–Crippen MR) is 90.0 cm³/mol. The van der Waals surface area contributed by atoms with Crippen LogP contribution in [-0.4, -0.2) is 39.6 Å². The van der Waals surface area contributed by atoms with E-state index in [1.54, 1.807) is 10.7 Å². The molecule has 0 aromatic carbocycles. The highest BCUT2D eigenvalue weighted by Gasteiger charge is 2.26. The molecule has 1 aliphatic heterocycles. The lowest BCUT2D eigenvalue weighted by atomic mass is 10.1. The van der Waals surface area contributed by atoms with Gasteiger partial charge in [0.1, 0.15) is 4.60 Å². The van der Waals surface area contributed by atoms with Crippen LogP contribution in [0.25, 0.3) is 5.65 Å². The van der Waals surface area contributed by atoms with Crippen molar-refractivity contribution < 1.29 is 4.79 Å². The molecule has 8 heteroatoms. The van der Waals surface area contributed by atoms with Gasteiger partial charge in [-0.3, -0.25) is 4.79 Å². The van der Waals surface area contributed by atoms with E-state index in [-0.39, 0.29) is 6.04 Å². The highest BCUT2D eigenvalue weighted by molar-refractivity contribution is 9.10. The van der Waals surface area contributed by atoms with Crippen molar-refractivity contribution in [2.45, 2.75) is 26.8 Å². The Balaban J connectivity index is 0.000000847. The molecule has 2 atom stereocenters. The van der Waals surface area contributed by atoms with Crippen molar-refractivity contribution in [1.29, 1.82) is 0 Å². The second-order valence-electron chi connectivity index (χ2n) is 5.02. The van der Waals surface area contributed by atoms with Crippen LogP contribution in [0, 0.1) is 5.92 Å². The van der Waals surface area contributed by atoms with Gasteiger partial charge in [0.2, 0.25) is 0 Å². The van der Waals surface area contributed by atoms with Crippen LogP contribution >= 0.6 is 15.9 Å². The Morgan fingerprint density at radius 2 is 2.23 bits per heavy atom. The van der Waals surface area contributed by atoms with Crippen molar-refractivity contribution in [2.24, 2.45) is 11.7 Å². The lowest BCUT2D eigenvalue weighted by Gasteiger charge is -2.19. The maximum atomic E-state index is 11.6. The molecule has 2 aromatic heterocycles. The third-order valence-electron chi connectivity index (χ3n) is 3.58. The summed E-state index contributed by atoms with van der Waals surface area (Å²) in [7, 11) is 0. The monoisotopic (exact) mass is 368 g/mol. The Kier molecular flexibility index (Phi) is 5.36. The minimum Gasteiger partial charge on any atom is -0.377 e. The summed E-state index contributed by atoms with van der Waals surface area (Å²) in [4.78, 5) is 16.0. The van der Waals surface area contributed by atoms with Gasteiger partial charge in [0.25, 0.3) is 5.91 Å². The van der Waals surface area contributed by atoms with Crippen molar-refractivity contribution in [3.05, 3.63) is 22.6 Å². The number of imidazole rings is 1. The summed E-state index contributed by atoms with van der Waals surface area (Å²) < 4.78 is 2.28. The first kappa shape index (κ1) is 16.7. The molecule has 120 valence electrons. The molecule has 0 spiro atoms. The molecule has 22 heavy (non-hydrogen) atoms. The van der Waals surface area contributed by atoms with Gasteiger partial charge >= 0.3 is 0 Å². The van der Waals surface area contributed by atoms with Crippen LogP contribution in [-0.2, 0) is 0 Å². The lowest BCUT2D eigenvalue weighted by molar-refractivity contribution is 0.100. The summed E-state index contributed by atoms with van der Waals surface area (Å²) >= 11 is 3.32. The van der Waals surface area contributed by atoms with E-state index in [4.69, 9.17) is 5.73 Å². The fourth-order valence-corrected chi connectivity index (χ4v) is 2.79. The number of nitrogens with zero attached hydrogens (tertiary/aromatic N) is 3. The lowest BCUT2D eigenvalue weighted by Crippen LogP contribution is -2.29. The molecule has 3 heterocycles. The van der Waals surface area contributed by atoms with E-state index < -0.39 is 5.91 Å². The maximum Gasteiger partial charge on any atom is 0.252 e. The molecule has 1 amide bonds. The van der Waals surface area contributed by atoms with Crippen LogP contribution in [0.2, 0.25) is 0 Å². The molecule has 4 N–H and O–H groups in total. The smallest absolute Gasteiger partial charge is 0.252 e. The molecule has 0 bridgehead atoms. The Bertz CT molecular complexity index is 671. The van der Waals surface area contributed by atoms with E-state index in [9.17, 15) is 4.79 Å². The molecule has 0 radical (unpaired) electrons. The van der Waals surface area contributed by atoms with Crippen LogP contribution in [0.5, 0.6) is 0 Å². The molecule has 2 aromatic rings. The minimum absolute atomic E-state index is 0.231. The van der Waals surface area contributed by atoms with Crippen molar-refractivity contribution in [3.63, 3.8) is 0 Å². The molecule has 1 aliphatic rings. The summed E-state index contributed by atoms with van der Waals surface area (Å²) in [6, 6.07) is 0.231. The van der Waals surface area contributed by atoms with Gasteiger partial charge in [-0.25, -0.2) is 9.50 Å². The molecule has 7 nitrogen and oxygen atoms in total. The average Bonchev–Trinajstić information content (AvgIpc) is 3.06. The summed E-state index contributed by atoms with van der Waals surface area (Å²) in [5, 5.41) is 10.8. The zero-order chi connectivity index (χ0) is 16.3. The SMILES string of the molecule is CC.CC1CNCC1Nc1c(C(N)=O)cnn2cc(Br)nc12. The number of nitrogens with one attached hydrogen (secondary N) is 2. The molecule has 1 saturated heterocycles. The molecule has 0 aliphatic carbocycles. The first-order valence-corrected chi connectivity index (χ1v) is 8.16. The number of amides is 1. The molecule has 1 fully saturated rings. The summed E-state index contributed by atoms with van der Waals surface area (Å²) in [6.07, 6.45) is 3.21. The average molecular weight is 369 g/mol. The Morgan fingerprint density at radius 1 is 1.50 bits per heavy atom. The van der Waals surface area contributed by atoms with Crippen molar-refractivity contribution in [1.82, 2.24) is 19.9 Å². The zero-order valence-corrected chi connectivity index (χ0v) is 14.5. The van der Waals surface area contributed by atoms with E-state index >= 15 is 0 Å². The zero-order valence-electron chi connectivity index (χ0n) is 12.9. The van der Waals surface area contributed by atoms with Crippen molar-refractivity contribution in [3.8, 4) is 0 Å². The highest BCUT2D eigenvalue weighted by Crippen LogP contribution is 2.25. The number of carbonyl (C=O) groups excluding carboxylic acids is 1. The summed E-state index contributed by atoms with van der Waals surface area (Å²) in [6.45, 7) is 7.94. The number of nitrogens with two attached hydrogens (primary N) is 1. The third-order valence-corrected chi connectivity index (χ3v) is 3.96. The van der Waals surface area contributed by atoms with Gasteiger partial charge in [0.15, 0.2) is 5.65 Å². The second-order valence-corrected chi connectivity index (χ2v) is 5.83. The van der Waals surface area contributed by atoms with E-state index in [1.165, 1.54) is 6.20 Å². The van der Waals surface area contributed by atoms with Gasteiger partial charge in [0.05, 0.1) is 23.6 Å². The normalized spacial score (nSPS) is 20.5. The third kappa shape index (κ3) is 3.22. The fraction of sp³-hybridized carbons (Fsp3) is 0.500. The molecular formula is C14H21BrN6O. The highest BCUT2D eigenvalue weighted by atomic mass is 79.9. The second kappa shape index (κ2) is 7.06.